The minimum atomic E-state index is -4.70. The molecule has 0 radical (unpaired) electrons. The standard InChI is InChI=1S/C15H18ClF3N2O2/c1-9(22)21(8-13(23)20-14(2,3)4)12-6-5-10(16)7-11(12)15(17,18)19/h5-7H,8H2,1-4H3,(H,20,23). The van der Waals surface area contributed by atoms with Crippen LogP contribution in [0, 0.1) is 0 Å². The Labute approximate surface area is 137 Å². The van der Waals surface area contributed by atoms with Gasteiger partial charge in [-0.2, -0.15) is 13.2 Å². The number of rotatable bonds is 3. The fourth-order valence-electron chi connectivity index (χ4n) is 1.94. The molecule has 4 nitrogen and oxygen atoms in total. The summed E-state index contributed by atoms with van der Waals surface area (Å²) in [6.45, 7) is 5.77. The van der Waals surface area contributed by atoms with Crippen molar-refractivity contribution >= 4 is 29.1 Å². The molecular weight excluding hydrogens is 333 g/mol. The summed E-state index contributed by atoms with van der Waals surface area (Å²) in [6.07, 6.45) is -4.70. The maximum absolute atomic E-state index is 13.2. The van der Waals surface area contributed by atoms with Crippen molar-refractivity contribution < 1.29 is 22.8 Å². The maximum Gasteiger partial charge on any atom is 0.418 e. The number of hydrogen-bond acceptors (Lipinski definition) is 2. The third-order valence-electron chi connectivity index (χ3n) is 2.75. The van der Waals surface area contributed by atoms with Crippen molar-refractivity contribution in [1.29, 1.82) is 0 Å². The van der Waals surface area contributed by atoms with Crippen molar-refractivity contribution in [3.63, 3.8) is 0 Å². The lowest BCUT2D eigenvalue weighted by atomic mass is 10.1. The Kier molecular flexibility index (Phi) is 5.69. The van der Waals surface area contributed by atoms with Crippen LogP contribution in [0.25, 0.3) is 0 Å². The van der Waals surface area contributed by atoms with E-state index in [2.05, 4.69) is 5.32 Å². The molecule has 0 unspecified atom stereocenters. The fourth-order valence-corrected chi connectivity index (χ4v) is 2.11. The monoisotopic (exact) mass is 350 g/mol. The van der Waals surface area contributed by atoms with Crippen LogP contribution < -0.4 is 10.2 Å². The van der Waals surface area contributed by atoms with Gasteiger partial charge in [0.15, 0.2) is 0 Å². The first-order valence-electron chi connectivity index (χ1n) is 6.77. The first-order valence-corrected chi connectivity index (χ1v) is 7.15. The predicted molar refractivity (Wildman–Crippen MR) is 82.4 cm³/mol. The molecule has 23 heavy (non-hydrogen) atoms. The molecule has 0 fully saturated rings. The average Bonchev–Trinajstić information content (AvgIpc) is 2.32. The Hall–Kier alpha value is -1.76. The van der Waals surface area contributed by atoms with Crippen LogP contribution >= 0.6 is 11.6 Å². The quantitative estimate of drug-likeness (QED) is 0.905. The van der Waals surface area contributed by atoms with E-state index in [-0.39, 0.29) is 5.02 Å². The first kappa shape index (κ1) is 19.3. The van der Waals surface area contributed by atoms with Gasteiger partial charge in [0.05, 0.1) is 11.3 Å². The molecular formula is C15H18ClF3N2O2. The summed E-state index contributed by atoms with van der Waals surface area (Å²) >= 11 is 5.62. The zero-order valence-electron chi connectivity index (χ0n) is 13.2. The van der Waals surface area contributed by atoms with Gasteiger partial charge in [0.25, 0.3) is 0 Å². The third-order valence-corrected chi connectivity index (χ3v) is 2.99. The van der Waals surface area contributed by atoms with E-state index in [1.165, 1.54) is 6.07 Å². The van der Waals surface area contributed by atoms with Gasteiger partial charge in [-0.25, -0.2) is 0 Å². The Morgan fingerprint density at radius 1 is 1.22 bits per heavy atom. The molecule has 1 N–H and O–H groups in total. The highest BCUT2D eigenvalue weighted by Gasteiger charge is 2.36. The van der Waals surface area contributed by atoms with Gasteiger partial charge in [-0.05, 0) is 39.0 Å². The van der Waals surface area contributed by atoms with Gasteiger partial charge in [-0.15, -0.1) is 0 Å². The van der Waals surface area contributed by atoms with Crippen LogP contribution in [0.5, 0.6) is 0 Å². The molecule has 0 aliphatic carbocycles. The minimum absolute atomic E-state index is 0.108. The van der Waals surface area contributed by atoms with Gasteiger partial charge in [0.1, 0.15) is 6.54 Å². The SMILES string of the molecule is CC(=O)N(CC(=O)NC(C)(C)C)c1ccc(Cl)cc1C(F)(F)F. The summed E-state index contributed by atoms with van der Waals surface area (Å²) in [5.74, 6) is -1.24. The van der Waals surface area contributed by atoms with Gasteiger partial charge < -0.3 is 10.2 Å². The number of anilines is 1. The zero-order valence-corrected chi connectivity index (χ0v) is 14.0. The molecule has 128 valence electrons. The number of halogens is 4. The van der Waals surface area contributed by atoms with Crippen molar-refractivity contribution in [2.45, 2.75) is 39.4 Å². The van der Waals surface area contributed by atoms with Crippen LogP contribution in [-0.4, -0.2) is 23.9 Å². The van der Waals surface area contributed by atoms with Crippen LogP contribution in [0.2, 0.25) is 5.02 Å². The van der Waals surface area contributed by atoms with Crippen molar-refractivity contribution in [3.05, 3.63) is 28.8 Å². The largest absolute Gasteiger partial charge is 0.418 e. The third kappa shape index (κ3) is 5.74. The summed E-state index contributed by atoms with van der Waals surface area (Å²) < 4.78 is 39.5. The minimum Gasteiger partial charge on any atom is -0.350 e. The van der Waals surface area contributed by atoms with Crippen LogP contribution in [0.1, 0.15) is 33.3 Å². The number of nitrogens with zero attached hydrogens (tertiary/aromatic N) is 1. The van der Waals surface area contributed by atoms with Crippen LogP contribution in [0.15, 0.2) is 18.2 Å². The summed E-state index contributed by atoms with van der Waals surface area (Å²) in [4.78, 5) is 24.5. The zero-order chi connectivity index (χ0) is 18.0. The number of nitrogens with one attached hydrogen (secondary N) is 1. The normalized spacial score (nSPS) is 12.0. The Balaban J connectivity index is 3.22. The van der Waals surface area contributed by atoms with Crippen molar-refractivity contribution in [2.24, 2.45) is 0 Å². The van der Waals surface area contributed by atoms with E-state index >= 15 is 0 Å². The maximum atomic E-state index is 13.2. The summed E-state index contributed by atoms with van der Waals surface area (Å²) in [6, 6.07) is 3.05. The van der Waals surface area contributed by atoms with Gasteiger partial charge >= 0.3 is 6.18 Å². The van der Waals surface area contributed by atoms with Gasteiger partial charge in [0.2, 0.25) is 11.8 Å². The Morgan fingerprint density at radius 2 is 1.78 bits per heavy atom. The molecule has 0 atom stereocenters. The molecule has 8 heteroatoms. The van der Waals surface area contributed by atoms with Gasteiger partial charge in [-0.1, -0.05) is 11.6 Å². The van der Waals surface area contributed by atoms with Crippen LogP contribution in [0.4, 0.5) is 18.9 Å². The fraction of sp³-hybridized carbons (Fsp3) is 0.467. The van der Waals surface area contributed by atoms with E-state index in [4.69, 9.17) is 11.6 Å². The van der Waals surface area contributed by atoms with Crippen LogP contribution in [0.3, 0.4) is 0 Å². The number of carbonyl (C=O) groups is 2. The molecule has 2 amide bonds. The van der Waals surface area contributed by atoms with E-state index in [0.717, 1.165) is 24.0 Å². The van der Waals surface area contributed by atoms with E-state index < -0.39 is 41.3 Å². The lowest BCUT2D eigenvalue weighted by Crippen LogP contribution is -2.47. The second-order valence-corrected chi connectivity index (χ2v) is 6.50. The number of carbonyl (C=O) groups excluding carboxylic acids is 2. The molecule has 0 saturated heterocycles. The van der Waals surface area contributed by atoms with Crippen LogP contribution in [-0.2, 0) is 15.8 Å². The van der Waals surface area contributed by atoms with Gasteiger partial charge in [-0.3, -0.25) is 9.59 Å². The average molecular weight is 351 g/mol. The summed E-state index contributed by atoms with van der Waals surface area (Å²) in [7, 11) is 0. The van der Waals surface area contributed by atoms with E-state index in [1.807, 2.05) is 0 Å². The molecule has 1 aromatic rings. The lowest BCUT2D eigenvalue weighted by Gasteiger charge is -2.27. The second-order valence-electron chi connectivity index (χ2n) is 6.06. The van der Waals surface area contributed by atoms with E-state index in [9.17, 15) is 22.8 Å². The molecule has 1 rings (SSSR count). The molecule has 0 spiro atoms. The number of hydrogen-bond donors (Lipinski definition) is 1. The first-order chi connectivity index (χ1) is 10.3. The highest BCUT2D eigenvalue weighted by atomic mass is 35.5. The predicted octanol–water partition coefficient (Wildman–Crippen LogP) is 3.63. The van der Waals surface area contributed by atoms with Crippen molar-refractivity contribution in [1.82, 2.24) is 5.32 Å². The van der Waals surface area contributed by atoms with E-state index in [0.29, 0.717) is 0 Å². The molecule has 0 aliphatic rings. The number of alkyl halides is 3. The van der Waals surface area contributed by atoms with E-state index in [1.54, 1.807) is 20.8 Å². The summed E-state index contributed by atoms with van der Waals surface area (Å²) in [5, 5.41) is 2.50. The van der Waals surface area contributed by atoms with Crippen molar-refractivity contribution in [3.8, 4) is 0 Å². The smallest absolute Gasteiger partial charge is 0.350 e. The molecule has 0 heterocycles. The molecule has 1 aromatic carbocycles. The van der Waals surface area contributed by atoms with Crippen molar-refractivity contribution in [2.75, 3.05) is 11.4 Å². The number of benzene rings is 1. The number of amides is 2. The molecule has 0 bridgehead atoms. The highest BCUT2D eigenvalue weighted by Crippen LogP contribution is 2.38. The second kappa shape index (κ2) is 6.78. The molecule has 0 aliphatic heterocycles. The Morgan fingerprint density at radius 3 is 2.22 bits per heavy atom. The summed E-state index contributed by atoms with van der Waals surface area (Å²) in [5.41, 5.74) is -2.03. The van der Waals surface area contributed by atoms with Gasteiger partial charge in [0, 0.05) is 17.5 Å². The molecule has 0 aromatic heterocycles. The Bertz CT molecular complexity index is 610. The highest BCUT2D eigenvalue weighted by molar-refractivity contribution is 6.30. The lowest BCUT2D eigenvalue weighted by molar-refractivity contribution is -0.137. The molecule has 0 saturated carbocycles. The topological polar surface area (TPSA) is 49.4 Å².